The maximum Gasteiger partial charge on any atom is 0.0667 e. The highest BCUT2D eigenvalue weighted by molar-refractivity contribution is 5.74. The smallest absolute Gasteiger partial charge is 0.0667 e. The first kappa shape index (κ1) is 16.4. The first-order valence-electron chi connectivity index (χ1n) is 8.75. The van der Waals surface area contributed by atoms with Gasteiger partial charge < -0.3 is 0 Å². The topological polar surface area (TPSA) is 12.9 Å². The number of pyridine rings is 1. The Bertz CT molecular complexity index is 798. The van der Waals surface area contributed by atoms with E-state index >= 15 is 0 Å². The summed E-state index contributed by atoms with van der Waals surface area (Å²) < 4.78 is 0. The molecule has 0 N–H and O–H groups in total. The van der Waals surface area contributed by atoms with Crippen LogP contribution >= 0.6 is 0 Å². The molecule has 0 saturated heterocycles. The van der Waals surface area contributed by atoms with E-state index in [1.54, 1.807) is 0 Å². The van der Waals surface area contributed by atoms with Crippen molar-refractivity contribution in [3.8, 4) is 0 Å². The fourth-order valence-electron chi connectivity index (χ4n) is 3.55. The van der Waals surface area contributed by atoms with Gasteiger partial charge in [-0.3, -0.25) is 4.98 Å². The Labute approximate surface area is 145 Å². The van der Waals surface area contributed by atoms with Crippen LogP contribution in [0.2, 0.25) is 0 Å². The third-order valence-corrected chi connectivity index (χ3v) is 4.83. The Hall–Kier alpha value is -2.41. The van der Waals surface area contributed by atoms with E-state index in [9.17, 15) is 0 Å². The third kappa shape index (κ3) is 3.26. The Balaban J connectivity index is 2.00. The number of allylic oxidation sites excluding steroid dienone is 10. The zero-order valence-electron chi connectivity index (χ0n) is 14.7. The number of nitrogens with zero attached hydrogens (tertiary/aromatic N) is 1. The molecule has 1 heteroatoms. The van der Waals surface area contributed by atoms with Crippen LogP contribution in [0.25, 0.3) is 11.6 Å². The minimum atomic E-state index is 1.06. The van der Waals surface area contributed by atoms with Gasteiger partial charge in [0.15, 0.2) is 0 Å². The summed E-state index contributed by atoms with van der Waals surface area (Å²) in [6.45, 7) is 8.14. The van der Waals surface area contributed by atoms with E-state index in [0.717, 1.165) is 31.4 Å². The molecule has 2 aliphatic carbocycles. The Morgan fingerprint density at radius 1 is 1.25 bits per heavy atom. The molecule has 0 spiro atoms. The summed E-state index contributed by atoms with van der Waals surface area (Å²) >= 11 is 0. The van der Waals surface area contributed by atoms with Gasteiger partial charge in [-0.05, 0) is 79.0 Å². The quantitative estimate of drug-likeness (QED) is 0.608. The predicted octanol–water partition coefficient (Wildman–Crippen LogP) is 6.14. The molecule has 24 heavy (non-hydrogen) atoms. The van der Waals surface area contributed by atoms with Crippen molar-refractivity contribution in [2.24, 2.45) is 0 Å². The molecular formula is C23H25N. The molecule has 0 aliphatic heterocycles. The summed E-state index contributed by atoms with van der Waals surface area (Å²) in [5.74, 6) is 0. The molecule has 0 radical (unpaired) electrons. The number of hydrogen-bond donors (Lipinski definition) is 0. The molecule has 1 aromatic heterocycles. The van der Waals surface area contributed by atoms with Crippen LogP contribution in [-0.2, 0) is 6.42 Å². The first-order chi connectivity index (χ1) is 11.7. The number of aromatic nitrogens is 1. The van der Waals surface area contributed by atoms with E-state index in [1.807, 2.05) is 6.08 Å². The van der Waals surface area contributed by atoms with Gasteiger partial charge in [0.2, 0.25) is 0 Å². The van der Waals surface area contributed by atoms with Crippen LogP contribution in [0.1, 0.15) is 48.6 Å². The average Bonchev–Trinajstić information content (AvgIpc) is 2.62. The van der Waals surface area contributed by atoms with E-state index in [1.165, 1.54) is 33.4 Å². The van der Waals surface area contributed by atoms with Crippen LogP contribution in [0.4, 0.5) is 0 Å². The van der Waals surface area contributed by atoms with Crippen molar-refractivity contribution in [3.63, 3.8) is 0 Å². The predicted molar refractivity (Wildman–Crippen MR) is 105 cm³/mol. The van der Waals surface area contributed by atoms with Gasteiger partial charge in [0.1, 0.15) is 0 Å². The third-order valence-electron chi connectivity index (χ3n) is 4.83. The van der Waals surface area contributed by atoms with Crippen molar-refractivity contribution < 1.29 is 0 Å². The largest absolute Gasteiger partial charge is 0.256 e. The van der Waals surface area contributed by atoms with Crippen molar-refractivity contribution in [2.75, 3.05) is 0 Å². The molecule has 0 unspecified atom stereocenters. The first-order valence-corrected chi connectivity index (χ1v) is 8.75. The second-order valence-electron chi connectivity index (χ2n) is 6.35. The van der Waals surface area contributed by atoms with Crippen LogP contribution in [-0.4, -0.2) is 4.98 Å². The molecule has 122 valence electrons. The van der Waals surface area contributed by atoms with Crippen molar-refractivity contribution in [3.05, 3.63) is 88.8 Å². The summed E-state index contributed by atoms with van der Waals surface area (Å²) in [6, 6.07) is 0. The summed E-state index contributed by atoms with van der Waals surface area (Å²) in [6.07, 6.45) is 23.5. The van der Waals surface area contributed by atoms with Crippen LogP contribution < -0.4 is 0 Å². The van der Waals surface area contributed by atoms with Crippen LogP contribution in [0.5, 0.6) is 0 Å². The lowest BCUT2D eigenvalue weighted by atomic mass is 9.85. The van der Waals surface area contributed by atoms with E-state index < -0.39 is 0 Å². The highest BCUT2D eigenvalue weighted by Crippen LogP contribution is 2.34. The minimum Gasteiger partial charge on any atom is -0.256 e. The van der Waals surface area contributed by atoms with E-state index in [0.29, 0.717) is 0 Å². The van der Waals surface area contributed by atoms with Gasteiger partial charge in [0.05, 0.1) is 5.69 Å². The molecule has 1 heterocycles. The monoisotopic (exact) mass is 315 g/mol. The number of hydrogen-bond acceptors (Lipinski definition) is 1. The van der Waals surface area contributed by atoms with Crippen molar-refractivity contribution in [2.45, 2.75) is 39.5 Å². The standard InChI is InChI=1S/C23H25N/c1-4-9-18(10-5-2)20-13-14-21-17(3)22(16-24-23(21)15-20)19-11-7-6-8-12-19/h4-7,9-11,15-16H,1,8,12-14H2,2-3H3/b10-5-,18-9+. The fourth-order valence-corrected chi connectivity index (χ4v) is 3.55. The molecule has 0 saturated carbocycles. The summed E-state index contributed by atoms with van der Waals surface area (Å²) in [5.41, 5.74) is 9.26. The summed E-state index contributed by atoms with van der Waals surface area (Å²) in [4.78, 5) is 4.79. The number of rotatable bonds is 4. The minimum absolute atomic E-state index is 1.06. The average molecular weight is 315 g/mol. The normalized spacial score (nSPS) is 17.5. The SMILES string of the molecule is C=C/C=C(\C=C/C)C1=Cc2ncc(C3=CC=CCC3)c(C)c2CC1. The lowest BCUT2D eigenvalue weighted by Gasteiger charge is -2.21. The van der Waals surface area contributed by atoms with Crippen molar-refractivity contribution >= 4 is 11.6 Å². The Morgan fingerprint density at radius 3 is 2.83 bits per heavy atom. The maximum atomic E-state index is 4.79. The molecule has 0 bridgehead atoms. The molecular weight excluding hydrogens is 290 g/mol. The van der Waals surface area contributed by atoms with Gasteiger partial charge in [-0.2, -0.15) is 0 Å². The highest BCUT2D eigenvalue weighted by Gasteiger charge is 2.18. The highest BCUT2D eigenvalue weighted by atomic mass is 14.7. The summed E-state index contributed by atoms with van der Waals surface area (Å²) in [7, 11) is 0. The van der Waals surface area contributed by atoms with Gasteiger partial charge in [-0.1, -0.05) is 49.1 Å². The number of fused-ring (bicyclic) bond motifs is 1. The van der Waals surface area contributed by atoms with Gasteiger partial charge >= 0.3 is 0 Å². The van der Waals surface area contributed by atoms with Crippen LogP contribution in [0.15, 0.2) is 66.5 Å². The van der Waals surface area contributed by atoms with E-state index in [4.69, 9.17) is 4.98 Å². The van der Waals surface area contributed by atoms with E-state index in [2.05, 4.69) is 69.2 Å². The fraction of sp³-hybridized carbons (Fsp3) is 0.261. The Kier molecular flexibility index (Phi) is 5.10. The zero-order chi connectivity index (χ0) is 16.9. The van der Waals surface area contributed by atoms with Gasteiger partial charge in [-0.15, -0.1) is 0 Å². The molecule has 1 aromatic rings. The lowest BCUT2D eigenvalue weighted by molar-refractivity contribution is 0.907. The van der Waals surface area contributed by atoms with Gasteiger partial charge in [0, 0.05) is 6.20 Å². The van der Waals surface area contributed by atoms with Crippen LogP contribution in [0.3, 0.4) is 0 Å². The molecule has 0 amide bonds. The van der Waals surface area contributed by atoms with Crippen molar-refractivity contribution in [1.82, 2.24) is 4.98 Å². The van der Waals surface area contributed by atoms with Gasteiger partial charge in [-0.25, -0.2) is 0 Å². The van der Waals surface area contributed by atoms with Crippen molar-refractivity contribution in [1.29, 1.82) is 0 Å². The molecule has 0 atom stereocenters. The molecule has 1 nitrogen and oxygen atoms in total. The summed E-state index contributed by atoms with van der Waals surface area (Å²) in [5, 5.41) is 0. The lowest BCUT2D eigenvalue weighted by Crippen LogP contribution is -2.07. The van der Waals surface area contributed by atoms with E-state index in [-0.39, 0.29) is 0 Å². The van der Waals surface area contributed by atoms with Crippen LogP contribution in [0, 0.1) is 6.92 Å². The molecule has 0 fully saturated rings. The molecule has 3 rings (SSSR count). The Morgan fingerprint density at radius 2 is 2.12 bits per heavy atom. The molecule has 2 aliphatic rings. The second kappa shape index (κ2) is 7.44. The van der Waals surface area contributed by atoms with Gasteiger partial charge in [0.25, 0.3) is 0 Å². The zero-order valence-corrected chi connectivity index (χ0v) is 14.7. The molecule has 0 aromatic carbocycles. The maximum absolute atomic E-state index is 4.79. The second-order valence-corrected chi connectivity index (χ2v) is 6.35.